The Hall–Kier alpha value is -1.09. The molecule has 1 rings (SSSR count). The van der Waals surface area contributed by atoms with Gasteiger partial charge in [0.15, 0.2) is 0 Å². The van der Waals surface area contributed by atoms with Crippen molar-refractivity contribution in [2.75, 3.05) is 12.3 Å². The van der Waals surface area contributed by atoms with Crippen LogP contribution < -0.4 is 5.73 Å². The van der Waals surface area contributed by atoms with Crippen molar-refractivity contribution in [2.45, 2.75) is 12.6 Å². The van der Waals surface area contributed by atoms with E-state index in [9.17, 15) is 4.39 Å². The van der Waals surface area contributed by atoms with Crippen molar-refractivity contribution in [2.24, 2.45) is 0 Å². The minimum Gasteiger partial charge on any atom is -0.399 e. The lowest BCUT2D eigenvalue weighted by atomic mass is 10.1. The summed E-state index contributed by atoms with van der Waals surface area (Å²) in [6, 6.07) is 6.97. The van der Waals surface area contributed by atoms with Crippen LogP contribution in [-0.2, 0) is 6.42 Å². The Morgan fingerprint density at radius 3 is 2.42 bits per heavy atom. The number of hydrogen-bond donors (Lipinski definition) is 2. The average Bonchev–Trinajstić information content (AvgIpc) is 2.09. The van der Waals surface area contributed by atoms with Crippen LogP contribution in [0.2, 0.25) is 0 Å². The number of alkyl halides is 1. The molecule has 0 spiro atoms. The zero-order chi connectivity index (χ0) is 8.97. The summed E-state index contributed by atoms with van der Waals surface area (Å²) >= 11 is 0. The Bertz CT molecular complexity index is 235. The predicted octanol–water partition coefficient (Wildman–Crippen LogP) is 1.14. The number of nitrogens with two attached hydrogens (primary N) is 1. The van der Waals surface area contributed by atoms with Crippen LogP contribution in [0.25, 0.3) is 0 Å². The van der Waals surface area contributed by atoms with E-state index in [0.29, 0.717) is 5.69 Å². The van der Waals surface area contributed by atoms with Gasteiger partial charge in [-0.05, 0) is 17.7 Å². The zero-order valence-corrected chi connectivity index (χ0v) is 6.70. The Balaban J connectivity index is 2.58. The second kappa shape index (κ2) is 4.07. The summed E-state index contributed by atoms with van der Waals surface area (Å²) in [5, 5.41) is 8.45. The lowest BCUT2D eigenvalue weighted by Crippen LogP contribution is -2.09. The summed E-state index contributed by atoms with van der Waals surface area (Å²) in [5.41, 5.74) is 6.96. The number of halogens is 1. The van der Waals surface area contributed by atoms with Gasteiger partial charge in [-0.1, -0.05) is 12.1 Å². The van der Waals surface area contributed by atoms with Gasteiger partial charge in [0.25, 0.3) is 0 Å². The molecule has 0 radical (unpaired) electrons. The van der Waals surface area contributed by atoms with Gasteiger partial charge in [0.05, 0.1) is 6.61 Å². The molecule has 66 valence electrons. The topological polar surface area (TPSA) is 46.2 Å². The SMILES string of the molecule is Nc1ccc(CC(F)CO)cc1. The molecule has 1 atom stereocenters. The summed E-state index contributed by atoms with van der Waals surface area (Å²) in [7, 11) is 0. The van der Waals surface area contributed by atoms with Crippen LogP contribution in [0.1, 0.15) is 5.56 Å². The van der Waals surface area contributed by atoms with Crippen molar-refractivity contribution in [3.63, 3.8) is 0 Å². The summed E-state index contributed by atoms with van der Waals surface area (Å²) in [4.78, 5) is 0. The number of aliphatic hydroxyl groups excluding tert-OH is 1. The Morgan fingerprint density at radius 1 is 1.33 bits per heavy atom. The lowest BCUT2D eigenvalue weighted by molar-refractivity contribution is 0.177. The van der Waals surface area contributed by atoms with Crippen molar-refractivity contribution in [1.82, 2.24) is 0 Å². The van der Waals surface area contributed by atoms with Crippen molar-refractivity contribution >= 4 is 5.69 Å². The summed E-state index contributed by atoms with van der Waals surface area (Å²) in [6.45, 7) is -0.426. The van der Waals surface area contributed by atoms with Gasteiger partial charge in [-0.2, -0.15) is 0 Å². The number of nitrogen functional groups attached to an aromatic ring is 1. The van der Waals surface area contributed by atoms with E-state index in [-0.39, 0.29) is 6.42 Å². The van der Waals surface area contributed by atoms with Crippen molar-refractivity contribution in [3.05, 3.63) is 29.8 Å². The zero-order valence-electron chi connectivity index (χ0n) is 6.70. The fourth-order valence-corrected chi connectivity index (χ4v) is 0.974. The summed E-state index contributed by atoms with van der Waals surface area (Å²) in [6.07, 6.45) is -0.926. The monoisotopic (exact) mass is 169 g/mol. The Morgan fingerprint density at radius 2 is 1.92 bits per heavy atom. The maximum Gasteiger partial charge on any atom is 0.127 e. The Kier molecular flexibility index (Phi) is 3.05. The number of anilines is 1. The molecule has 12 heavy (non-hydrogen) atoms. The molecule has 1 unspecified atom stereocenters. The minimum absolute atomic E-state index is 0.247. The highest BCUT2D eigenvalue weighted by Gasteiger charge is 2.04. The molecule has 1 aromatic carbocycles. The van der Waals surface area contributed by atoms with E-state index in [0.717, 1.165) is 5.56 Å². The second-order valence-corrected chi connectivity index (χ2v) is 2.73. The molecule has 0 saturated heterocycles. The summed E-state index contributed by atoms with van der Waals surface area (Å²) in [5.74, 6) is 0. The van der Waals surface area contributed by atoms with E-state index in [1.54, 1.807) is 24.3 Å². The van der Waals surface area contributed by atoms with Crippen LogP contribution in [0.3, 0.4) is 0 Å². The molecule has 0 heterocycles. The molecular formula is C9H12FNO. The van der Waals surface area contributed by atoms with Crippen LogP contribution in [-0.4, -0.2) is 17.9 Å². The third-order valence-corrected chi connectivity index (χ3v) is 1.64. The van der Waals surface area contributed by atoms with Gasteiger partial charge in [0, 0.05) is 12.1 Å². The van der Waals surface area contributed by atoms with Crippen LogP contribution in [0.5, 0.6) is 0 Å². The quantitative estimate of drug-likeness (QED) is 0.666. The predicted molar refractivity (Wildman–Crippen MR) is 46.5 cm³/mol. The maximum absolute atomic E-state index is 12.6. The molecule has 0 aliphatic carbocycles. The molecule has 0 bridgehead atoms. The van der Waals surface area contributed by atoms with Gasteiger partial charge in [-0.3, -0.25) is 0 Å². The minimum atomic E-state index is -1.17. The van der Waals surface area contributed by atoms with Gasteiger partial charge in [0.1, 0.15) is 6.17 Å². The number of hydrogen-bond acceptors (Lipinski definition) is 2. The van der Waals surface area contributed by atoms with Crippen molar-refractivity contribution in [3.8, 4) is 0 Å². The molecular weight excluding hydrogens is 157 g/mol. The number of benzene rings is 1. The third kappa shape index (κ3) is 2.51. The molecule has 0 aliphatic rings. The number of rotatable bonds is 3. The van der Waals surface area contributed by atoms with Gasteiger partial charge >= 0.3 is 0 Å². The summed E-state index contributed by atoms with van der Waals surface area (Å²) < 4.78 is 12.6. The third-order valence-electron chi connectivity index (χ3n) is 1.64. The lowest BCUT2D eigenvalue weighted by Gasteiger charge is -2.04. The molecule has 0 fully saturated rings. The number of aliphatic hydroxyl groups is 1. The van der Waals surface area contributed by atoms with E-state index in [1.165, 1.54) is 0 Å². The van der Waals surface area contributed by atoms with E-state index in [4.69, 9.17) is 10.8 Å². The van der Waals surface area contributed by atoms with Crippen molar-refractivity contribution in [1.29, 1.82) is 0 Å². The average molecular weight is 169 g/mol. The van der Waals surface area contributed by atoms with Crippen LogP contribution >= 0.6 is 0 Å². The molecule has 0 aromatic heterocycles. The highest BCUT2D eigenvalue weighted by atomic mass is 19.1. The maximum atomic E-state index is 12.6. The first-order chi connectivity index (χ1) is 5.72. The largest absolute Gasteiger partial charge is 0.399 e. The molecule has 0 aliphatic heterocycles. The molecule has 0 saturated carbocycles. The first-order valence-corrected chi connectivity index (χ1v) is 3.81. The fraction of sp³-hybridized carbons (Fsp3) is 0.333. The van der Waals surface area contributed by atoms with Gasteiger partial charge < -0.3 is 10.8 Å². The second-order valence-electron chi connectivity index (χ2n) is 2.73. The molecule has 2 nitrogen and oxygen atoms in total. The van der Waals surface area contributed by atoms with Crippen molar-refractivity contribution < 1.29 is 9.50 Å². The van der Waals surface area contributed by atoms with Gasteiger partial charge in [0.2, 0.25) is 0 Å². The standard InChI is InChI=1S/C9H12FNO/c10-8(6-12)5-7-1-3-9(11)4-2-7/h1-4,8,12H,5-6,11H2. The van der Waals surface area contributed by atoms with E-state index in [1.807, 2.05) is 0 Å². The molecule has 0 amide bonds. The first kappa shape index (κ1) is 9.00. The van der Waals surface area contributed by atoms with E-state index in [2.05, 4.69) is 0 Å². The first-order valence-electron chi connectivity index (χ1n) is 3.81. The highest BCUT2D eigenvalue weighted by molar-refractivity contribution is 5.39. The molecule has 3 heteroatoms. The van der Waals surface area contributed by atoms with Gasteiger partial charge in [-0.15, -0.1) is 0 Å². The Labute approximate surface area is 70.8 Å². The van der Waals surface area contributed by atoms with Gasteiger partial charge in [-0.25, -0.2) is 4.39 Å². The van der Waals surface area contributed by atoms with E-state index < -0.39 is 12.8 Å². The fourth-order valence-electron chi connectivity index (χ4n) is 0.974. The van der Waals surface area contributed by atoms with Crippen LogP contribution in [0, 0.1) is 0 Å². The molecule has 3 N–H and O–H groups in total. The molecule has 1 aromatic rings. The van der Waals surface area contributed by atoms with Crippen LogP contribution in [0.4, 0.5) is 10.1 Å². The normalized spacial score (nSPS) is 12.8. The smallest absolute Gasteiger partial charge is 0.127 e. The van der Waals surface area contributed by atoms with Crippen LogP contribution in [0.15, 0.2) is 24.3 Å². The van der Waals surface area contributed by atoms with E-state index >= 15 is 0 Å². The highest BCUT2D eigenvalue weighted by Crippen LogP contribution is 2.08.